The number of aliphatic hydroxyl groups excluding tert-OH is 2. The zero-order valence-corrected chi connectivity index (χ0v) is 46.8. The zero-order valence-electron chi connectivity index (χ0n) is 46.8. The van der Waals surface area contributed by atoms with Crippen LogP contribution in [0.25, 0.3) is 0 Å². The summed E-state index contributed by atoms with van der Waals surface area (Å²) in [5.41, 5.74) is 0. The van der Waals surface area contributed by atoms with Gasteiger partial charge in [0, 0.05) is 12.8 Å². The van der Waals surface area contributed by atoms with Gasteiger partial charge in [-0.2, -0.15) is 0 Å². The van der Waals surface area contributed by atoms with Gasteiger partial charge in [-0.05, 0) is 51.4 Å². The molecule has 0 aliphatic carbocycles. The number of nitrogens with one attached hydrogen (secondary N) is 1. The van der Waals surface area contributed by atoms with Crippen LogP contribution in [-0.4, -0.2) is 47.4 Å². The van der Waals surface area contributed by atoms with E-state index in [9.17, 15) is 19.8 Å². The molecule has 0 radical (unpaired) electrons. The van der Waals surface area contributed by atoms with Crippen molar-refractivity contribution in [3.05, 3.63) is 12.2 Å². The van der Waals surface area contributed by atoms with Gasteiger partial charge in [0.2, 0.25) is 5.91 Å². The Morgan fingerprint density at radius 3 is 1.03 bits per heavy atom. The molecule has 410 valence electrons. The molecule has 0 aliphatic rings. The van der Waals surface area contributed by atoms with E-state index in [1.165, 1.54) is 244 Å². The fourth-order valence-electron chi connectivity index (χ4n) is 9.99. The van der Waals surface area contributed by atoms with E-state index in [0.29, 0.717) is 25.9 Å². The summed E-state index contributed by atoms with van der Waals surface area (Å²) >= 11 is 0. The molecule has 0 fully saturated rings. The van der Waals surface area contributed by atoms with E-state index in [2.05, 4.69) is 31.3 Å². The second-order valence-electron chi connectivity index (χ2n) is 21.7. The molecule has 0 aliphatic heterocycles. The third-order valence-electron chi connectivity index (χ3n) is 14.8. The quantitative estimate of drug-likeness (QED) is 0.0321. The summed E-state index contributed by atoms with van der Waals surface area (Å²) in [6, 6.07) is -0.563. The molecule has 2 unspecified atom stereocenters. The van der Waals surface area contributed by atoms with Crippen LogP contribution in [0.4, 0.5) is 0 Å². The molecule has 3 N–H and O–H groups in total. The molecule has 0 saturated carbocycles. The highest BCUT2D eigenvalue weighted by atomic mass is 16.5. The Hall–Kier alpha value is -1.40. The fourth-order valence-corrected chi connectivity index (χ4v) is 9.99. The SMILES string of the molecule is CCCCCCCCCCCCCCCCCCCCCCCCCC(O)C(CO)NC(=O)CCCCCCC/C=C\CCCCOC(=O)CCCCCCCCCCCCCCCCCCCC. The van der Waals surface area contributed by atoms with Crippen LogP contribution in [0.3, 0.4) is 0 Å². The maximum absolute atomic E-state index is 12.5. The van der Waals surface area contributed by atoms with E-state index < -0.39 is 12.1 Å². The molecule has 69 heavy (non-hydrogen) atoms. The molecule has 0 spiro atoms. The molecular weight excluding hydrogens is 851 g/mol. The first kappa shape index (κ1) is 67.6. The number of ether oxygens (including phenoxy) is 1. The third-order valence-corrected chi connectivity index (χ3v) is 14.8. The van der Waals surface area contributed by atoms with E-state index in [0.717, 1.165) is 77.0 Å². The number of allylic oxidation sites excluding steroid dienone is 2. The molecule has 2 atom stereocenters. The number of unbranched alkanes of at least 4 members (excludes halogenated alkanes) is 46. The summed E-state index contributed by atoms with van der Waals surface area (Å²) in [6.45, 7) is 4.91. The number of hydrogen-bond acceptors (Lipinski definition) is 5. The summed E-state index contributed by atoms with van der Waals surface area (Å²) < 4.78 is 5.46. The van der Waals surface area contributed by atoms with E-state index in [1.807, 2.05) is 0 Å². The molecule has 0 heterocycles. The van der Waals surface area contributed by atoms with Gasteiger partial charge in [0.15, 0.2) is 0 Å². The normalized spacial score (nSPS) is 12.6. The van der Waals surface area contributed by atoms with Crippen molar-refractivity contribution in [3.8, 4) is 0 Å². The largest absolute Gasteiger partial charge is 0.466 e. The van der Waals surface area contributed by atoms with Crippen LogP contribution in [0, 0.1) is 0 Å². The average Bonchev–Trinajstić information content (AvgIpc) is 3.35. The maximum atomic E-state index is 12.5. The Balaban J connectivity index is 3.46. The second kappa shape index (κ2) is 59.2. The van der Waals surface area contributed by atoms with E-state index in [1.54, 1.807) is 0 Å². The van der Waals surface area contributed by atoms with E-state index >= 15 is 0 Å². The van der Waals surface area contributed by atoms with Crippen LogP contribution in [0.15, 0.2) is 12.2 Å². The van der Waals surface area contributed by atoms with Gasteiger partial charge in [-0.25, -0.2) is 0 Å². The molecule has 0 bridgehead atoms. The van der Waals surface area contributed by atoms with E-state index in [-0.39, 0.29) is 18.5 Å². The lowest BCUT2D eigenvalue weighted by Crippen LogP contribution is -2.45. The summed E-state index contributed by atoms with van der Waals surface area (Å²) in [6.07, 6.45) is 70.8. The minimum absolute atomic E-state index is 0.0254. The number of carbonyl (C=O) groups is 2. The molecule has 6 heteroatoms. The van der Waals surface area contributed by atoms with Crippen molar-refractivity contribution in [2.75, 3.05) is 13.2 Å². The predicted molar refractivity (Wildman–Crippen MR) is 301 cm³/mol. The molecule has 0 aromatic carbocycles. The third kappa shape index (κ3) is 55.8. The van der Waals surface area contributed by atoms with Crippen LogP contribution >= 0.6 is 0 Å². The number of carbonyl (C=O) groups excluding carboxylic acids is 2. The maximum Gasteiger partial charge on any atom is 0.305 e. The topological polar surface area (TPSA) is 95.9 Å². The van der Waals surface area contributed by atoms with Crippen molar-refractivity contribution >= 4 is 11.9 Å². The number of esters is 1. The Kier molecular flexibility index (Phi) is 58.0. The lowest BCUT2D eigenvalue weighted by Gasteiger charge is -2.22. The molecule has 0 aromatic heterocycles. The number of amides is 1. The number of aliphatic hydroxyl groups is 2. The summed E-state index contributed by atoms with van der Waals surface area (Å²) in [4.78, 5) is 24.6. The van der Waals surface area contributed by atoms with Gasteiger partial charge in [-0.3, -0.25) is 9.59 Å². The van der Waals surface area contributed by atoms with Gasteiger partial charge in [0.1, 0.15) is 0 Å². The van der Waals surface area contributed by atoms with Crippen LogP contribution in [0.1, 0.15) is 354 Å². The highest BCUT2D eigenvalue weighted by molar-refractivity contribution is 5.76. The molecule has 0 aromatic rings. The van der Waals surface area contributed by atoms with Crippen molar-refractivity contribution in [1.29, 1.82) is 0 Å². The standard InChI is InChI=1S/C63H123NO5/c1-3-5-7-9-11-13-15-17-19-21-23-24-25-26-27-28-30-32-35-39-43-47-51-55-61(66)60(59-65)64-62(67)56-52-48-44-40-36-34-38-42-46-50-54-58-69-63(68)57-53-49-45-41-37-33-31-29-22-20-18-16-14-12-10-8-6-4-2/h38,42,60-61,65-66H,3-37,39-41,43-59H2,1-2H3,(H,64,67)/b42-38-. The lowest BCUT2D eigenvalue weighted by molar-refractivity contribution is -0.143. The summed E-state index contributed by atoms with van der Waals surface area (Å²) in [7, 11) is 0. The highest BCUT2D eigenvalue weighted by Crippen LogP contribution is 2.18. The predicted octanol–water partition coefficient (Wildman–Crippen LogP) is 19.6. The number of hydrogen-bond donors (Lipinski definition) is 3. The van der Waals surface area contributed by atoms with Crippen LogP contribution in [0.5, 0.6) is 0 Å². The van der Waals surface area contributed by atoms with Gasteiger partial charge in [0.25, 0.3) is 0 Å². The lowest BCUT2D eigenvalue weighted by atomic mass is 10.0. The first-order chi connectivity index (χ1) is 34.0. The fraction of sp³-hybridized carbons (Fsp3) is 0.937. The summed E-state index contributed by atoms with van der Waals surface area (Å²) in [5.74, 6) is -0.0848. The van der Waals surface area contributed by atoms with Gasteiger partial charge in [0.05, 0.1) is 25.4 Å². The average molecular weight is 975 g/mol. The van der Waals surface area contributed by atoms with Gasteiger partial charge in [-0.15, -0.1) is 0 Å². The van der Waals surface area contributed by atoms with Crippen molar-refractivity contribution < 1.29 is 24.5 Å². The Morgan fingerprint density at radius 2 is 0.681 bits per heavy atom. The first-order valence-corrected chi connectivity index (χ1v) is 31.4. The van der Waals surface area contributed by atoms with Gasteiger partial charge in [-0.1, -0.05) is 302 Å². The molecule has 0 rings (SSSR count). The number of rotatable bonds is 59. The zero-order chi connectivity index (χ0) is 50.0. The minimum atomic E-state index is -0.683. The van der Waals surface area contributed by atoms with E-state index in [4.69, 9.17) is 4.74 Å². The Bertz CT molecular complexity index is 1030. The minimum Gasteiger partial charge on any atom is -0.466 e. The highest BCUT2D eigenvalue weighted by Gasteiger charge is 2.20. The first-order valence-electron chi connectivity index (χ1n) is 31.4. The summed E-state index contributed by atoms with van der Waals surface area (Å²) in [5, 5.41) is 23.4. The smallest absolute Gasteiger partial charge is 0.305 e. The molecule has 1 amide bonds. The van der Waals surface area contributed by atoms with Crippen molar-refractivity contribution in [3.63, 3.8) is 0 Å². The Morgan fingerprint density at radius 1 is 0.391 bits per heavy atom. The van der Waals surface area contributed by atoms with Gasteiger partial charge < -0.3 is 20.3 Å². The monoisotopic (exact) mass is 974 g/mol. The molecule has 6 nitrogen and oxygen atoms in total. The van der Waals surface area contributed by atoms with Crippen LogP contribution < -0.4 is 5.32 Å². The second-order valence-corrected chi connectivity index (χ2v) is 21.7. The van der Waals surface area contributed by atoms with Crippen molar-refractivity contribution in [2.45, 2.75) is 366 Å². The molecule has 0 saturated heterocycles. The molecular formula is C63H123NO5. The van der Waals surface area contributed by atoms with Gasteiger partial charge >= 0.3 is 5.97 Å². The van der Waals surface area contributed by atoms with Crippen molar-refractivity contribution in [2.24, 2.45) is 0 Å². The van der Waals surface area contributed by atoms with Crippen LogP contribution in [0.2, 0.25) is 0 Å². The Labute approximate surface area is 431 Å². The van der Waals surface area contributed by atoms with Crippen LogP contribution in [-0.2, 0) is 14.3 Å². The van der Waals surface area contributed by atoms with Crippen molar-refractivity contribution in [1.82, 2.24) is 5.32 Å².